The van der Waals surface area contributed by atoms with E-state index in [2.05, 4.69) is 34.1 Å². The quantitative estimate of drug-likeness (QED) is 0.392. The van der Waals surface area contributed by atoms with Crippen LogP contribution in [0.1, 0.15) is 32.4 Å². The minimum absolute atomic E-state index is 0.0617. The number of guanidine groups is 1. The molecule has 1 aliphatic heterocycles. The zero-order valence-electron chi connectivity index (χ0n) is 18.0. The maximum atomic E-state index is 12.2. The molecule has 1 saturated heterocycles. The number of benzene rings is 1. The van der Waals surface area contributed by atoms with Crippen molar-refractivity contribution >= 4 is 5.96 Å². The van der Waals surface area contributed by atoms with Gasteiger partial charge in [-0.3, -0.25) is 9.89 Å². The van der Waals surface area contributed by atoms with Gasteiger partial charge in [0.2, 0.25) is 0 Å². The van der Waals surface area contributed by atoms with Crippen LogP contribution in [0.15, 0.2) is 29.3 Å². The summed E-state index contributed by atoms with van der Waals surface area (Å²) in [7, 11) is 0. The van der Waals surface area contributed by atoms with Crippen LogP contribution in [0.2, 0.25) is 0 Å². The predicted molar refractivity (Wildman–Crippen MR) is 113 cm³/mol. The van der Waals surface area contributed by atoms with Gasteiger partial charge in [0.1, 0.15) is 5.75 Å². The predicted octanol–water partition coefficient (Wildman–Crippen LogP) is 2.23. The van der Waals surface area contributed by atoms with Crippen molar-refractivity contribution in [2.45, 2.75) is 39.5 Å². The van der Waals surface area contributed by atoms with Gasteiger partial charge in [0.15, 0.2) is 5.96 Å². The third-order valence-electron chi connectivity index (χ3n) is 5.02. The van der Waals surface area contributed by atoms with Crippen molar-refractivity contribution in [2.24, 2.45) is 10.9 Å². The molecule has 1 heterocycles. The van der Waals surface area contributed by atoms with E-state index in [9.17, 15) is 13.9 Å². The Hall–Kier alpha value is -1.97. The van der Waals surface area contributed by atoms with E-state index in [1.54, 1.807) is 12.1 Å². The Morgan fingerprint density at radius 2 is 1.87 bits per heavy atom. The summed E-state index contributed by atoms with van der Waals surface area (Å²) in [6.45, 7) is 8.41. The maximum absolute atomic E-state index is 12.2. The first kappa shape index (κ1) is 24.3. The lowest BCUT2D eigenvalue weighted by Gasteiger charge is -2.36. The number of morpholine rings is 1. The van der Waals surface area contributed by atoms with Crippen molar-refractivity contribution in [3.8, 4) is 5.75 Å². The van der Waals surface area contributed by atoms with E-state index in [4.69, 9.17) is 9.73 Å². The highest BCUT2D eigenvalue weighted by Crippen LogP contribution is 2.19. The highest BCUT2D eigenvalue weighted by Gasteiger charge is 2.23. The molecule has 1 aliphatic rings. The summed E-state index contributed by atoms with van der Waals surface area (Å²) in [6, 6.07) is 6.29. The lowest BCUT2D eigenvalue weighted by Crippen LogP contribution is -2.48. The van der Waals surface area contributed by atoms with Crippen molar-refractivity contribution in [1.29, 1.82) is 0 Å². The first-order valence-corrected chi connectivity index (χ1v) is 10.5. The number of nitrogens with one attached hydrogen (secondary N) is 2. The van der Waals surface area contributed by atoms with Gasteiger partial charge in [-0.1, -0.05) is 26.0 Å². The Balaban J connectivity index is 1.93. The van der Waals surface area contributed by atoms with Crippen LogP contribution in [-0.4, -0.2) is 74.6 Å². The average Bonchev–Trinajstić information content (AvgIpc) is 2.72. The highest BCUT2D eigenvalue weighted by atomic mass is 19.3. The summed E-state index contributed by atoms with van der Waals surface area (Å²) in [6.07, 6.45) is -0.811. The highest BCUT2D eigenvalue weighted by molar-refractivity contribution is 5.79. The summed E-state index contributed by atoms with van der Waals surface area (Å²) >= 11 is 0. The van der Waals surface area contributed by atoms with Crippen LogP contribution < -0.4 is 15.4 Å². The molecule has 1 aromatic carbocycles. The molecule has 2 rings (SSSR count). The van der Waals surface area contributed by atoms with Crippen LogP contribution in [0.5, 0.6) is 5.75 Å². The standard InChI is InChI=1S/C21H34F2N4O3/c1-4-24-21(25-13-18(15(2)3)27-9-11-29-12-10-27)26-14-19(28)16-5-7-17(8-6-16)30-20(22)23/h5-8,15,18-20,28H,4,9-14H2,1-3H3,(H2,24,25,26). The van der Waals surface area contributed by atoms with Gasteiger partial charge in [-0.05, 0) is 30.5 Å². The van der Waals surface area contributed by atoms with Crippen molar-refractivity contribution in [1.82, 2.24) is 15.5 Å². The third kappa shape index (κ3) is 8.04. The molecule has 1 fully saturated rings. The molecule has 7 nitrogen and oxygen atoms in total. The summed E-state index contributed by atoms with van der Waals surface area (Å²) in [4.78, 5) is 7.14. The minimum atomic E-state index is -2.87. The first-order valence-electron chi connectivity index (χ1n) is 10.5. The Bertz CT molecular complexity index is 638. The number of ether oxygens (including phenoxy) is 2. The van der Waals surface area contributed by atoms with Gasteiger partial charge < -0.3 is 25.2 Å². The molecule has 0 spiro atoms. The van der Waals surface area contributed by atoms with Gasteiger partial charge in [0.25, 0.3) is 0 Å². The van der Waals surface area contributed by atoms with Crippen LogP contribution in [0.25, 0.3) is 0 Å². The second-order valence-corrected chi connectivity index (χ2v) is 7.52. The Morgan fingerprint density at radius 1 is 1.20 bits per heavy atom. The van der Waals surface area contributed by atoms with Gasteiger partial charge in [-0.25, -0.2) is 0 Å². The number of rotatable bonds is 10. The van der Waals surface area contributed by atoms with Gasteiger partial charge in [0, 0.05) is 32.2 Å². The lowest BCUT2D eigenvalue weighted by atomic mass is 10.0. The number of hydrogen-bond acceptors (Lipinski definition) is 5. The number of alkyl halides is 2. The molecule has 3 N–H and O–H groups in total. The van der Waals surface area contributed by atoms with Crippen molar-refractivity contribution in [3.63, 3.8) is 0 Å². The van der Waals surface area contributed by atoms with Gasteiger partial charge in [0.05, 0.1) is 25.9 Å². The SMILES string of the molecule is CCNC(=NCC(C(C)C)N1CCOCC1)NCC(O)c1ccc(OC(F)F)cc1. The van der Waals surface area contributed by atoms with E-state index in [-0.39, 0.29) is 12.3 Å². The number of halogens is 2. The maximum Gasteiger partial charge on any atom is 0.387 e. The number of aliphatic hydroxyl groups excluding tert-OH is 1. The molecule has 2 atom stereocenters. The molecular weight excluding hydrogens is 394 g/mol. The minimum Gasteiger partial charge on any atom is -0.435 e. The number of nitrogens with zero attached hydrogens (tertiary/aromatic N) is 2. The monoisotopic (exact) mass is 428 g/mol. The van der Waals surface area contributed by atoms with Gasteiger partial charge in [-0.15, -0.1) is 0 Å². The van der Waals surface area contributed by atoms with E-state index in [0.29, 0.717) is 36.6 Å². The molecule has 1 aromatic rings. The number of aliphatic hydroxyl groups is 1. The second-order valence-electron chi connectivity index (χ2n) is 7.52. The molecule has 0 aliphatic carbocycles. The molecule has 0 radical (unpaired) electrons. The molecule has 9 heteroatoms. The molecule has 170 valence electrons. The molecule has 30 heavy (non-hydrogen) atoms. The average molecular weight is 429 g/mol. The van der Waals surface area contributed by atoms with Gasteiger partial charge in [-0.2, -0.15) is 8.78 Å². The van der Waals surface area contributed by atoms with E-state index >= 15 is 0 Å². The molecule has 0 aromatic heterocycles. The smallest absolute Gasteiger partial charge is 0.387 e. The number of hydrogen-bond donors (Lipinski definition) is 3. The molecular formula is C21H34F2N4O3. The zero-order valence-corrected chi connectivity index (χ0v) is 18.0. The van der Waals surface area contributed by atoms with E-state index in [0.717, 1.165) is 26.3 Å². The van der Waals surface area contributed by atoms with Crippen molar-refractivity contribution in [3.05, 3.63) is 29.8 Å². The van der Waals surface area contributed by atoms with E-state index in [1.165, 1.54) is 12.1 Å². The normalized spacial score (nSPS) is 17.8. The fourth-order valence-electron chi connectivity index (χ4n) is 3.37. The fraction of sp³-hybridized carbons (Fsp3) is 0.667. The molecule has 0 amide bonds. The lowest BCUT2D eigenvalue weighted by molar-refractivity contribution is -0.0498. The van der Waals surface area contributed by atoms with Gasteiger partial charge >= 0.3 is 6.61 Å². The van der Waals surface area contributed by atoms with Crippen LogP contribution in [0, 0.1) is 5.92 Å². The topological polar surface area (TPSA) is 78.4 Å². The van der Waals surface area contributed by atoms with Crippen LogP contribution in [0.4, 0.5) is 8.78 Å². The van der Waals surface area contributed by atoms with Crippen LogP contribution in [0.3, 0.4) is 0 Å². The molecule has 0 bridgehead atoms. The van der Waals surface area contributed by atoms with E-state index < -0.39 is 12.7 Å². The van der Waals surface area contributed by atoms with Crippen molar-refractivity contribution < 1.29 is 23.4 Å². The fourth-order valence-corrected chi connectivity index (χ4v) is 3.37. The Morgan fingerprint density at radius 3 is 2.43 bits per heavy atom. The van der Waals surface area contributed by atoms with Crippen molar-refractivity contribution in [2.75, 3.05) is 45.9 Å². The molecule has 0 saturated carbocycles. The van der Waals surface area contributed by atoms with Crippen LogP contribution in [-0.2, 0) is 4.74 Å². The largest absolute Gasteiger partial charge is 0.435 e. The third-order valence-corrected chi connectivity index (χ3v) is 5.02. The zero-order chi connectivity index (χ0) is 21.9. The second kappa shape index (κ2) is 12.7. The summed E-state index contributed by atoms with van der Waals surface area (Å²) in [5, 5.41) is 16.8. The molecule has 2 unspecified atom stereocenters. The Labute approximate surface area is 177 Å². The number of aliphatic imine (C=N–C) groups is 1. The summed E-state index contributed by atoms with van der Waals surface area (Å²) in [5.74, 6) is 1.15. The van der Waals surface area contributed by atoms with E-state index in [1.807, 2.05) is 6.92 Å². The summed E-state index contributed by atoms with van der Waals surface area (Å²) < 4.78 is 34.3. The van der Waals surface area contributed by atoms with Crippen LogP contribution >= 0.6 is 0 Å². The Kier molecular flexibility index (Phi) is 10.3. The first-order chi connectivity index (χ1) is 14.4. The summed E-state index contributed by atoms with van der Waals surface area (Å²) in [5.41, 5.74) is 0.605.